The first-order valence-electron chi connectivity index (χ1n) is 5.36. The Labute approximate surface area is 117 Å². The maximum Gasteiger partial charge on any atom is 0.166 e. The molecular weight excluding hydrogens is 287 g/mol. The standard InChI is InChI=1S/C12H8ClFN4S/c13-6-1-2-9(14)8(5-6)10-16-11(18-15)7-3-4-19-12(7)17-10/h1-5H,15H2,(H,16,17,18). The lowest BCUT2D eigenvalue weighted by molar-refractivity contribution is 0.630. The maximum absolute atomic E-state index is 13.8. The summed E-state index contributed by atoms with van der Waals surface area (Å²) in [7, 11) is 0. The molecule has 0 fully saturated rings. The molecule has 0 amide bonds. The summed E-state index contributed by atoms with van der Waals surface area (Å²) in [4.78, 5) is 9.29. The fourth-order valence-corrected chi connectivity index (χ4v) is 2.69. The van der Waals surface area contributed by atoms with Crippen LogP contribution in [0.3, 0.4) is 0 Å². The minimum atomic E-state index is -0.428. The second-order valence-corrected chi connectivity index (χ2v) is 5.13. The largest absolute Gasteiger partial charge is 0.308 e. The van der Waals surface area contributed by atoms with Gasteiger partial charge in [-0.1, -0.05) is 11.6 Å². The van der Waals surface area contributed by atoms with Crippen LogP contribution < -0.4 is 11.3 Å². The molecule has 3 N–H and O–H groups in total. The number of anilines is 1. The molecule has 0 spiro atoms. The van der Waals surface area contributed by atoms with Crippen LogP contribution in [-0.2, 0) is 0 Å². The quantitative estimate of drug-likeness (QED) is 0.561. The first-order chi connectivity index (χ1) is 9.19. The molecule has 0 aliphatic carbocycles. The van der Waals surface area contributed by atoms with Gasteiger partial charge in [0, 0.05) is 5.02 Å². The van der Waals surface area contributed by atoms with Crippen molar-refractivity contribution in [3.05, 3.63) is 40.5 Å². The van der Waals surface area contributed by atoms with E-state index in [2.05, 4.69) is 15.4 Å². The topological polar surface area (TPSA) is 63.8 Å². The molecule has 7 heteroatoms. The van der Waals surface area contributed by atoms with Crippen molar-refractivity contribution in [1.82, 2.24) is 9.97 Å². The highest BCUT2D eigenvalue weighted by molar-refractivity contribution is 7.16. The van der Waals surface area contributed by atoms with E-state index < -0.39 is 5.82 Å². The molecule has 0 radical (unpaired) electrons. The van der Waals surface area contributed by atoms with Gasteiger partial charge < -0.3 is 5.43 Å². The smallest absolute Gasteiger partial charge is 0.166 e. The predicted molar refractivity (Wildman–Crippen MR) is 75.6 cm³/mol. The molecule has 0 atom stereocenters. The predicted octanol–water partition coefficient (Wildman–Crippen LogP) is 3.44. The Balaban J connectivity index is 2.27. The Morgan fingerprint density at radius 3 is 2.89 bits per heavy atom. The van der Waals surface area contributed by atoms with Crippen LogP contribution in [0.1, 0.15) is 0 Å². The first kappa shape index (κ1) is 12.3. The van der Waals surface area contributed by atoms with Crippen molar-refractivity contribution in [2.24, 2.45) is 5.84 Å². The summed E-state index contributed by atoms with van der Waals surface area (Å²) >= 11 is 7.31. The fraction of sp³-hybridized carbons (Fsp3) is 0. The molecule has 3 rings (SSSR count). The van der Waals surface area contributed by atoms with Crippen molar-refractivity contribution in [2.45, 2.75) is 0 Å². The number of fused-ring (bicyclic) bond motifs is 1. The molecule has 0 aliphatic rings. The van der Waals surface area contributed by atoms with E-state index in [9.17, 15) is 4.39 Å². The highest BCUT2D eigenvalue weighted by atomic mass is 35.5. The average Bonchev–Trinajstić information content (AvgIpc) is 2.88. The Bertz CT molecular complexity index is 759. The van der Waals surface area contributed by atoms with E-state index in [1.807, 2.05) is 11.4 Å². The summed E-state index contributed by atoms with van der Waals surface area (Å²) < 4.78 is 13.8. The minimum Gasteiger partial charge on any atom is -0.308 e. The number of hydrazine groups is 1. The van der Waals surface area contributed by atoms with Gasteiger partial charge in [0.15, 0.2) is 11.6 Å². The molecule has 0 saturated carbocycles. The summed E-state index contributed by atoms with van der Waals surface area (Å²) in [6, 6.07) is 6.11. The lowest BCUT2D eigenvalue weighted by Crippen LogP contribution is -2.10. The molecule has 96 valence electrons. The zero-order valence-electron chi connectivity index (χ0n) is 9.52. The van der Waals surface area contributed by atoms with Crippen molar-refractivity contribution in [3.63, 3.8) is 0 Å². The molecule has 19 heavy (non-hydrogen) atoms. The highest BCUT2D eigenvalue weighted by Gasteiger charge is 2.13. The van der Waals surface area contributed by atoms with Gasteiger partial charge in [-0.15, -0.1) is 11.3 Å². The van der Waals surface area contributed by atoms with Crippen molar-refractivity contribution in [3.8, 4) is 11.4 Å². The number of benzene rings is 1. The molecule has 4 nitrogen and oxygen atoms in total. The number of nitrogens with zero attached hydrogens (tertiary/aromatic N) is 2. The molecule has 0 bridgehead atoms. The van der Waals surface area contributed by atoms with Crippen LogP contribution in [0.4, 0.5) is 10.2 Å². The van der Waals surface area contributed by atoms with E-state index in [1.165, 1.54) is 29.5 Å². The van der Waals surface area contributed by atoms with Gasteiger partial charge in [0.1, 0.15) is 10.6 Å². The van der Waals surface area contributed by atoms with Crippen LogP contribution in [0.25, 0.3) is 21.6 Å². The maximum atomic E-state index is 13.8. The monoisotopic (exact) mass is 294 g/mol. The average molecular weight is 295 g/mol. The summed E-state index contributed by atoms with van der Waals surface area (Å²) in [5, 5.41) is 3.10. The Morgan fingerprint density at radius 1 is 1.26 bits per heavy atom. The molecule has 0 unspecified atom stereocenters. The zero-order chi connectivity index (χ0) is 13.4. The van der Waals surface area contributed by atoms with Crippen LogP contribution in [0.2, 0.25) is 5.02 Å². The van der Waals surface area contributed by atoms with Crippen molar-refractivity contribution in [2.75, 3.05) is 5.43 Å². The van der Waals surface area contributed by atoms with Gasteiger partial charge in [-0.3, -0.25) is 0 Å². The van der Waals surface area contributed by atoms with Gasteiger partial charge in [0.2, 0.25) is 0 Å². The fourth-order valence-electron chi connectivity index (χ4n) is 1.75. The number of aromatic nitrogens is 2. The number of hydrogen-bond acceptors (Lipinski definition) is 5. The lowest BCUT2D eigenvalue weighted by atomic mass is 10.2. The first-order valence-corrected chi connectivity index (χ1v) is 6.62. The third-order valence-corrected chi connectivity index (χ3v) is 3.67. The SMILES string of the molecule is NNc1nc(-c2cc(Cl)ccc2F)nc2sccc12. The van der Waals surface area contributed by atoms with Gasteiger partial charge in [-0.05, 0) is 29.6 Å². The third kappa shape index (κ3) is 2.14. The zero-order valence-corrected chi connectivity index (χ0v) is 11.1. The molecule has 0 aliphatic heterocycles. The van der Waals surface area contributed by atoms with Crippen LogP contribution in [0, 0.1) is 5.82 Å². The molecule has 0 saturated heterocycles. The normalized spacial score (nSPS) is 10.9. The Hall–Kier alpha value is -1.76. The Morgan fingerprint density at radius 2 is 2.11 bits per heavy atom. The lowest BCUT2D eigenvalue weighted by Gasteiger charge is -2.06. The van der Waals surface area contributed by atoms with E-state index >= 15 is 0 Å². The molecule has 3 aromatic rings. The van der Waals surface area contributed by atoms with Crippen molar-refractivity contribution in [1.29, 1.82) is 0 Å². The van der Waals surface area contributed by atoms with E-state index in [0.717, 1.165) is 10.2 Å². The number of thiophene rings is 1. The minimum absolute atomic E-state index is 0.249. The van der Waals surface area contributed by atoms with Crippen molar-refractivity contribution >= 4 is 39.0 Å². The number of nitrogens with two attached hydrogens (primary N) is 1. The number of nitrogens with one attached hydrogen (secondary N) is 1. The Kier molecular flexibility index (Phi) is 3.06. The number of rotatable bonds is 2. The van der Waals surface area contributed by atoms with Crippen LogP contribution in [0.5, 0.6) is 0 Å². The van der Waals surface area contributed by atoms with Gasteiger partial charge in [-0.25, -0.2) is 20.2 Å². The van der Waals surface area contributed by atoms with Gasteiger partial charge in [-0.2, -0.15) is 0 Å². The van der Waals surface area contributed by atoms with Crippen LogP contribution in [0.15, 0.2) is 29.6 Å². The summed E-state index contributed by atoms with van der Waals surface area (Å²) in [6.07, 6.45) is 0. The summed E-state index contributed by atoms with van der Waals surface area (Å²) in [6.45, 7) is 0. The number of halogens is 2. The molecule has 1 aromatic carbocycles. The van der Waals surface area contributed by atoms with Crippen LogP contribution in [-0.4, -0.2) is 9.97 Å². The summed E-state index contributed by atoms with van der Waals surface area (Å²) in [5.74, 6) is 5.72. The van der Waals surface area contributed by atoms with Gasteiger partial charge in [0.25, 0.3) is 0 Å². The third-order valence-electron chi connectivity index (χ3n) is 2.63. The number of hydrogen-bond donors (Lipinski definition) is 2. The van der Waals surface area contributed by atoms with E-state index in [4.69, 9.17) is 17.4 Å². The number of nitrogen functional groups attached to an aromatic ring is 1. The molecular formula is C12H8ClFN4S. The molecule has 2 aromatic heterocycles. The van der Waals surface area contributed by atoms with Gasteiger partial charge in [0.05, 0.1) is 10.9 Å². The second-order valence-electron chi connectivity index (χ2n) is 3.80. The van der Waals surface area contributed by atoms with E-state index in [-0.39, 0.29) is 11.4 Å². The molecule has 2 heterocycles. The van der Waals surface area contributed by atoms with E-state index in [1.54, 1.807) is 0 Å². The highest BCUT2D eigenvalue weighted by Crippen LogP contribution is 2.30. The van der Waals surface area contributed by atoms with Crippen LogP contribution >= 0.6 is 22.9 Å². The van der Waals surface area contributed by atoms with Gasteiger partial charge >= 0.3 is 0 Å². The second kappa shape index (κ2) is 4.73. The summed E-state index contributed by atoms with van der Waals surface area (Å²) in [5.41, 5.74) is 2.75. The van der Waals surface area contributed by atoms with Crippen molar-refractivity contribution < 1.29 is 4.39 Å². The van der Waals surface area contributed by atoms with E-state index in [0.29, 0.717) is 10.8 Å².